The molecule has 0 saturated heterocycles. The summed E-state index contributed by atoms with van der Waals surface area (Å²) in [5.74, 6) is 1.31. The zero-order chi connectivity index (χ0) is 17.5. The van der Waals surface area contributed by atoms with Gasteiger partial charge in [0.25, 0.3) is 0 Å². The molecule has 4 nitrogen and oxygen atoms in total. The van der Waals surface area contributed by atoms with Gasteiger partial charge in [-0.1, -0.05) is 37.3 Å². The molecule has 130 valence electrons. The fraction of sp³-hybridized carbons (Fsp3) is 0.300. The molecule has 0 aliphatic carbocycles. The molecule has 0 spiro atoms. The fourth-order valence-corrected chi connectivity index (χ4v) is 3.51. The van der Waals surface area contributed by atoms with Crippen molar-refractivity contribution < 1.29 is 0 Å². The van der Waals surface area contributed by atoms with Crippen LogP contribution in [0.1, 0.15) is 30.2 Å². The molecule has 1 unspecified atom stereocenters. The lowest BCUT2D eigenvalue weighted by atomic mass is 10.1. The van der Waals surface area contributed by atoms with Crippen LogP contribution in [0, 0.1) is 0 Å². The summed E-state index contributed by atoms with van der Waals surface area (Å²) < 4.78 is 0. The quantitative estimate of drug-likeness (QED) is 0.517. The predicted molar refractivity (Wildman–Crippen MR) is 107 cm³/mol. The molecule has 0 radical (unpaired) electrons. The van der Waals surface area contributed by atoms with Crippen molar-refractivity contribution in [2.45, 2.75) is 26.3 Å². The Labute approximate surface area is 153 Å². The molecule has 1 aromatic carbocycles. The third-order valence-corrected chi connectivity index (χ3v) is 5.18. The first-order valence-corrected chi connectivity index (χ1v) is 9.54. The van der Waals surface area contributed by atoms with E-state index in [4.69, 9.17) is 4.99 Å². The summed E-state index contributed by atoms with van der Waals surface area (Å²) in [6, 6.07) is 14.6. The second kappa shape index (κ2) is 8.62. The highest BCUT2D eigenvalue weighted by Gasteiger charge is 2.08. The highest BCUT2D eigenvalue weighted by molar-refractivity contribution is 7.10. The number of hydrogen-bond donors (Lipinski definition) is 2. The minimum atomic E-state index is 0.461. The predicted octanol–water partition coefficient (Wildman–Crippen LogP) is 4.16. The van der Waals surface area contributed by atoms with Gasteiger partial charge in [0.15, 0.2) is 5.96 Å². The largest absolute Gasteiger partial charge is 0.357 e. The third-order valence-electron chi connectivity index (χ3n) is 4.07. The Morgan fingerprint density at radius 3 is 2.84 bits per heavy atom. The monoisotopic (exact) mass is 352 g/mol. The number of nitrogens with zero attached hydrogens (tertiary/aromatic N) is 2. The number of nitrogens with one attached hydrogen (secondary N) is 2. The minimum absolute atomic E-state index is 0.461. The van der Waals surface area contributed by atoms with Gasteiger partial charge in [-0.25, -0.2) is 4.99 Å². The maximum atomic E-state index is 4.74. The number of benzene rings is 1. The Balaban J connectivity index is 1.69. The average molecular weight is 353 g/mol. The van der Waals surface area contributed by atoms with Crippen molar-refractivity contribution in [3.05, 3.63) is 64.5 Å². The summed E-state index contributed by atoms with van der Waals surface area (Å²) in [6.07, 6.45) is 1.84. The number of para-hydroxylation sites is 1. The first-order chi connectivity index (χ1) is 12.3. The summed E-state index contributed by atoms with van der Waals surface area (Å²) >= 11 is 1.80. The van der Waals surface area contributed by atoms with Gasteiger partial charge < -0.3 is 10.6 Å². The van der Waals surface area contributed by atoms with E-state index in [0.29, 0.717) is 12.5 Å². The Morgan fingerprint density at radius 2 is 2.04 bits per heavy atom. The number of thiophene rings is 1. The molecule has 3 aromatic rings. The zero-order valence-corrected chi connectivity index (χ0v) is 15.5. The van der Waals surface area contributed by atoms with Crippen LogP contribution in [-0.4, -0.2) is 24.0 Å². The molecular formula is C20H24N4S. The van der Waals surface area contributed by atoms with E-state index in [1.54, 1.807) is 11.3 Å². The molecule has 2 heterocycles. The molecular weight excluding hydrogens is 328 g/mol. The highest BCUT2D eigenvalue weighted by atomic mass is 32.1. The van der Waals surface area contributed by atoms with E-state index in [-0.39, 0.29) is 0 Å². The topological polar surface area (TPSA) is 49.3 Å². The number of hydrogen-bond acceptors (Lipinski definition) is 3. The van der Waals surface area contributed by atoms with Crippen LogP contribution >= 0.6 is 11.3 Å². The van der Waals surface area contributed by atoms with E-state index in [9.17, 15) is 0 Å². The molecule has 3 rings (SSSR count). The second-order valence-corrected chi connectivity index (χ2v) is 6.96. The van der Waals surface area contributed by atoms with Gasteiger partial charge in [0.2, 0.25) is 0 Å². The maximum Gasteiger partial charge on any atom is 0.191 e. The van der Waals surface area contributed by atoms with Gasteiger partial charge in [-0.2, -0.15) is 0 Å². The Kier molecular flexibility index (Phi) is 6.01. The highest BCUT2D eigenvalue weighted by Crippen LogP contribution is 2.20. The summed E-state index contributed by atoms with van der Waals surface area (Å²) in [5, 5.41) is 10.1. The second-order valence-electron chi connectivity index (χ2n) is 5.98. The lowest BCUT2D eigenvalue weighted by Crippen LogP contribution is -2.39. The van der Waals surface area contributed by atoms with Crippen LogP contribution < -0.4 is 10.6 Å². The Morgan fingerprint density at radius 1 is 1.16 bits per heavy atom. The molecule has 5 heteroatoms. The van der Waals surface area contributed by atoms with Crippen LogP contribution in [0.4, 0.5) is 0 Å². The maximum absolute atomic E-state index is 4.74. The number of aliphatic imine (C=N–C) groups is 1. The summed E-state index contributed by atoms with van der Waals surface area (Å²) in [4.78, 5) is 10.6. The van der Waals surface area contributed by atoms with Gasteiger partial charge in [-0.15, -0.1) is 11.3 Å². The van der Waals surface area contributed by atoms with Crippen LogP contribution in [0.15, 0.2) is 59.0 Å². The molecule has 0 fully saturated rings. The molecule has 2 aromatic heterocycles. The first kappa shape index (κ1) is 17.4. The lowest BCUT2D eigenvalue weighted by Gasteiger charge is -2.15. The van der Waals surface area contributed by atoms with E-state index in [0.717, 1.165) is 35.5 Å². The van der Waals surface area contributed by atoms with Crippen molar-refractivity contribution in [1.82, 2.24) is 15.6 Å². The van der Waals surface area contributed by atoms with E-state index in [1.165, 1.54) is 4.88 Å². The molecule has 0 aliphatic heterocycles. The van der Waals surface area contributed by atoms with E-state index >= 15 is 0 Å². The van der Waals surface area contributed by atoms with Gasteiger partial charge >= 0.3 is 0 Å². The van der Waals surface area contributed by atoms with Crippen molar-refractivity contribution in [1.29, 1.82) is 0 Å². The van der Waals surface area contributed by atoms with Gasteiger partial charge in [-0.05, 0) is 30.0 Å². The standard InChI is InChI=1S/C20H24N4S/c1-3-21-20(23-13-15(2)18-10-6-12-25-18)24-14-17-8-4-7-16-9-5-11-22-19(16)17/h4-12,15H,3,13-14H2,1-2H3,(H2,21,23,24). The molecule has 1 atom stereocenters. The number of aromatic nitrogens is 1. The number of pyridine rings is 1. The fourth-order valence-electron chi connectivity index (χ4n) is 2.72. The molecule has 0 amide bonds. The van der Waals surface area contributed by atoms with E-state index < -0.39 is 0 Å². The van der Waals surface area contributed by atoms with Crippen LogP contribution in [0.5, 0.6) is 0 Å². The van der Waals surface area contributed by atoms with Crippen molar-refractivity contribution in [2.75, 3.05) is 13.1 Å². The molecule has 0 bridgehead atoms. The number of rotatable bonds is 6. The van der Waals surface area contributed by atoms with Crippen molar-refractivity contribution in [3.63, 3.8) is 0 Å². The first-order valence-electron chi connectivity index (χ1n) is 8.66. The van der Waals surface area contributed by atoms with Crippen LogP contribution in [0.25, 0.3) is 10.9 Å². The molecule has 25 heavy (non-hydrogen) atoms. The summed E-state index contributed by atoms with van der Waals surface area (Å²) in [5.41, 5.74) is 2.16. The van der Waals surface area contributed by atoms with Crippen molar-refractivity contribution in [2.24, 2.45) is 4.99 Å². The van der Waals surface area contributed by atoms with Gasteiger partial charge in [-0.3, -0.25) is 4.98 Å². The Bertz CT molecular complexity index is 821. The minimum Gasteiger partial charge on any atom is -0.357 e. The van der Waals surface area contributed by atoms with Gasteiger partial charge in [0.1, 0.15) is 0 Å². The van der Waals surface area contributed by atoms with Crippen molar-refractivity contribution in [3.8, 4) is 0 Å². The SMILES string of the molecule is CCNC(=NCc1cccc2cccnc12)NCC(C)c1cccs1. The van der Waals surface area contributed by atoms with E-state index in [1.807, 2.05) is 12.3 Å². The zero-order valence-electron chi connectivity index (χ0n) is 14.7. The molecule has 0 saturated carbocycles. The number of guanidine groups is 1. The Hall–Kier alpha value is -2.40. The summed E-state index contributed by atoms with van der Waals surface area (Å²) in [6.45, 7) is 6.63. The normalized spacial score (nSPS) is 13.0. The molecule has 0 aliphatic rings. The summed E-state index contributed by atoms with van der Waals surface area (Å²) in [7, 11) is 0. The number of fused-ring (bicyclic) bond motifs is 1. The molecule has 2 N–H and O–H groups in total. The van der Waals surface area contributed by atoms with Crippen molar-refractivity contribution >= 4 is 28.2 Å². The van der Waals surface area contributed by atoms with E-state index in [2.05, 4.69) is 71.2 Å². The van der Waals surface area contributed by atoms with Crippen LogP contribution in [0.3, 0.4) is 0 Å². The smallest absolute Gasteiger partial charge is 0.191 e. The third kappa shape index (κ3) is 4.57. The van der Waals surface area contributed by atoms with Crippen LogP contribution in [0.2, 0.25) is 0 Å². The average Bonchev–Trinajstić information content (AvgIpc) is 3.18. The lowest BCUT2D eigenvalue weighted by molar-refractivity contribution is 0.709. The van der Waals surface area contributed by atoms with Gasteiger partial charge in [0.05, 0.1) is 12.1 Å². The van der Waals surface area contributed by atoms with Crippen LogP contribution in [-0.2, 0) is 6.54 Å². The van der Waals surface area contributed by atoms with Gasteiger partial charge in [0, 0.05) is 35.5 Å².